The SMILES string of the molecule is C#C/C=C/C=C/C(C)C(C)CC#CCCC(=O)OC. The summed E-state index contributed by atoms with van der Waals surface area (Å²) in [7, 11) is 1.39. The van der Waals surface area contributed by atoms with Gasteiger partial charge in [-0.1, -0.05) is 38.0 Å². The summed E-state index contributed by atoms with van der Waals surface area (Å²) in [4.78, 5) is 10.9. The molecule has 0 rings (SSSR count). The average Bonchev–Trinajstić information content (AvgIpc) is 2.42. The number of ether oxygens (including phenoxy) is 1. The molecule has 0 aliphatic carbocycles. The molecule has 0 aliphatic rings. The molecule has 0 fully saturated rings. The summed E-state index contributed by atoms with van der Waals surface area (Å²) < 4.78 is 4.54. The molecule has 0 bridgehead atoms. The van der Waals surface area contributed by atoms with E-state index in [-0.39, 0.29) is 5.97 Å². The first-order valence-electron chi connectivity index (χ1n) is 6.43. The molecule has 0 aromatic carbocycles. The van der Waals surface area contributed by atoms with Crippen molar-refractivity contribution >= 4 is 5.97 Å². The number of rotatable bonds is 6. The van der Waals surface area contributed by atoms with Crippen LogP contribution in [0.2, 0.25) is 0 Å². The van der Waals surface area contributed by atoms with Crippen LogP contribution in [0, 0.1) is 36.0 Å². The largest absolute Gasteiger partial charge is 0.469 e. The third kappa shape index (κ3) is 9.74. The van der Waals surface area contributed by atoms with E-state index in [1.807, 2.05) is 12.2 Å². The number of hydrogen-bond donors (Lipinski definition) is 0. The zero-order chi connectivity index (χ0) is 14.5. The van der Waals surface area contributed by atoms with E-state index in [0.717, 1.165) is 6.42 Å². The Bertz CT molecular complexity index is 413. The average molecular weight is 258 g/mol. The minimum Gasteiger partial charge on any atom is -0.469 e. The summed E-state index contributed by atoms with van der Waals surface area (Å²) in [5, 5.41) is 0. The van der Waals surface area contributed by atoms with E-state index in [9.17, 15) is 4.79 Å². The van der Waals surface area contributed by atoms with Crippen LogP contribution >= 0.6 is 0 Å². The van der Waals surface area contributed by atoms with Gasteiger partial charge in [0.05, 0.1) is 13.5 Å². The lowest BCUT2D eigenvalue weighted by Gasteiger charge is -2.12. The van der Waals surface area contributed by atoms with Gasteiger partial charge < -0.3 is 4.74 Å². The summed E-state index contributed by atoms with van der Waals surface area (Å²) in [6, 6.07) is 0. The molecule has 0 aromatic heterocycles. The van der Waals surface area contributed by atoms with E-state index in [4.69, 9.17) is 6.42 Å². The van der Waals surface area contributed by atoms with Crippen molar-refractivity contribution in [3.8, 4) is 24.2 Å². The molecule has 0 radical (unpaired) electrons. The van der Waals surface area contributed by atoms with E-state index in [1.54, 1.807) is 6.08 Å². The smallest absolute Gasteiger partial charge is 0.306 e. The van der Waals surface area contributed by atoms with Crippen LogP contribution < -0.4 is 0 Å². The van der Waals surface area contributed by atoms with Gasteiger partial charge in [-0.15, -0.1) is 18.3 Å². The molecule has 0 N–H and O–H groups in total. The molecule has 2 atom stereocenters. The summed E-state index contributed by atoms with van der Waals surface area (Å²) in [6.45, 7) is 4.32. The van der Waals surface area contributed by atoms with Gasteiger partial charge in [0.1, 0.15) is 0 Å². The second-order valence-electron chi connectivity index (χ2n) is 4.38. The molecular weight excluding hydrogens is 236 g/mol. The number of carbonyl (C=O) groups is 1. The first-order valence-corrected chi connectivity index (χ1v) is 6.43. The fraction of sp³-hybridized carbons (Fsp3) is 0.471. The Kier molecular flexibility index (Phi) is 10.0. The van der Waals surface area contributed by atoms with E-state index in [1.165, 1.54) is 7.11 Å². The van der Waals surface area contributed by atoms with Crippen LogP contribution in [0.5, 0.6) is 0 Å². The maximum atomic E-state index is 10.9. The minimum atomic E-state index is -0.209. The lowest BCUT2D eigenvalue weighted by Crippen LogP contribution is -2.03. The predicted molar refractivity (Wildman–Crippen MR) is 79.1 cm³/mol. The molecule has 0 aliphatic heterocycles. The second-order valence-corrected chi connectivity index (χ2v) is 4.38. The zero-order valence-electron chi connectivity index (χ0n) is 12.0. The summed E-state index contributed by atoms with van der Waals surface area (Å²) in [5.41, 5.74) is 0. The Morgan fingerprint density at radius 2 is 2.05 bits per heavy atom. The van der Waals surface area contributed by atoms with Gasteiger partial charge >= 0.3 is 5.97 Å². The Morgan fingerprint density at radius 1 is 1.32 bits per heavy atom. The molecule has 0 spiro atoms. The molecule has 0 aromatic rings. The summed E-state index contributed by atoms with van der Waals surface area (Å²) in [5.74, 6) is 9.25. The highest BCUT2D eigenvalue weighted by Crippen LogP contribution is 2.15. The molecule has 0 saturated carbocycles. The molecule has 2 unspecified atom stereocenters. The number of terminal acetylenes is 1. The van der Waals surface area contributed by atoms with Crippen molar-refractivity contribution in [2.24, 2.45) is 11.8 Å². The molecule has 2 heteroatoms. The topological polar surface area (TPSA) is 26.3 Å². The van der Waals surface area contributed by atoms with Crippen molar-refractivity contribution in [2.45, 2.75) is 33.1 Å². The zero-order valence-corrected chi connectivity index (χ0v) is 12.0. The second kappa shape index (κ2) is 11.2. The van der Waals surface area contributed by atoms with E-state index in [0.29, 0.717) is 24.7 Å². The summed E-state index contributed by atoms with van der Waals surface area (Å²) in [6.07, 6.45) is 14.5. The van der Waals surface area contributed by atoms with Crippen LogP contribution in [0.15, 0.2) is 24.3 Å². The molecule has 2 nitrogen and oxygen atoms in total. The van der Waals surface area contributed by atoms with Gasteiger partial charge in [0.25, 0.3) is 0 Å². The maximum absolute atomic E-state index is 10.9. The standard InChI is InChI=1S/C17H22O2/c1-5-6-7-9-12-15(2)16(3)13-10-8-11-14-17(18)19-4/h1,6-7,9,12,15-16H,11,13-14H2,2-4H3/b7-6+,12-9+. The van der Waals surface area contributed by atoms with Crippen molar-refractivity contribution in [1.82, 2.24) is 0 Å². The molecule has 0 heterocycles. The highest BCUT2D eigenvalue weighted by molar-refractivity contribution is 5.69. The van der Waals surface area contributed by atoms with Crippen molar-refractivity contribution in [3.63, 3.8) is 0 Å². The number of carbonyl (C=O) groups excluding carboxylic acids is 1. The van der Waals surface area contributed by atoms with Gasteiger partial charge in [-0.2, -0.15) is 0 Å². The van der Waals surface area contributed by atoms with Crippen molar-refractivity contribution in [3.05, 3.63) is 24.3 Å². The van der Waals surface area contributed by atoms with Crippen LogP contribution in [0.25, 0.3) is 0 Å². The highest BCUT2D eigenvalue weighted by atomic mass is 16.5. The van der Waals surface area contributed by atoms with Gasteiger partial charge in [-0.25, -0.2) is 0 Å². The van der Waals surface area contributed by atoms with Crippen LogP contribution in [0.4, 0.5) is 0 Å². The Morgan fingerprint density at radius 3 is 2.68 bits per heavy atom. The third-order valence-electron chi connectivity index (χ3n) is 2.85. The van der Waals surface area contributed by atoms with Crippen LogP contribution in [0.3, 0.4) is 0 Å². The maximum Gasteiger partial charge on any atom is 0.306 e. The van der Waals surface area contributed by atoms with Gasteiger partial charge in [-0.3, -0.25) is 4.79 Å². The van der Waals surface area contributed by atoms with Gasteiger partial charge in [-0.05, 0) is 17.9 Å². The van der Waals surface area contributed by atoms with Crippen molar-refractivity contribution in [2.75, 3.05) is 7.11 Å². The lowest BCUT2D eigenvalue weighted by atomic mass is 9.92. The first kappa shape index (κ1) is 17.1. The number of esters is 1. The fourth-order valence-electron chi connectivity index (χ4n) is 1.31. The third-order valence-corrected chi connectivity index (χ3v) is 2.85. The van der Waals surface area contributed by atoms with Gasteiger partial charge in [0.2, 0.25) is 0 Å². The Balaban J connectivity index is 3.97. The first-order chi connectivity index (χ1) is 9.11. The molecule has 0 saturated heterocycles. The van der Waals surface area contributed by atoms with E-state index in [2.05, 4.69) is 42.4 Å². The Labute approximate surface area is 116 Å². The van der Waals surface area contributed by atoms with E-state index < -0.39 is 0 Å². The normalized spacial score (nSPS) is 13.6. The number of methoxy groups -OCH3 is 1. The van der Waals surface area contributed by atoms with Crippen LogP contribution in [-0.4, -0.2) is 13.1 Å². The molecule has 0 amide bonds. The molecular formula is C17H22O2. The monoisotopic (exact) mass is 258 g/mol. The van der Waals surface area contributed by atoms with Crippen molar-refractivity contribution in [1.29, 1.82) is 0 Å². The van der Waals surface area contributed by atoms with Gasteiger partial charge in [0.15, 0.2) is 0 Å². The van der Waals surface area contributed by atoms with Crippen molar-refractivity contribution < 1.29 is 9.53 Å². The van der Waals surface area contributed by atoms with Crippen LogP contribution in [0.1, 0.15) is 33.1 Å². The predicted octanol–water partition coefficient (Wildman–Crippen LogP) is 3.35. The molecule has 19 heavy (non-hydrogen) atoms. The molecule has 102 valence electrons. The number of hydrogen-bond acceptors (Lipinski definition) is 2. The van der Waals surface area contributed by atoms with Gasteiger partial charge in [0, 0.05) is 12.8 Å². The lowest BCUT2D eigenvalue weighted by molar-refractivity contribution is -0.140. The van der Waals surface area contributed by atoms with Crippen LogP contribution in [-0.2, 0) is 9.53 Å². The quantitative estimate of drug-likeness (QED) is 0.415. The summed E-state index contributed by atoms with van der Waals surface area (Å²) >= 11 is 0. The fourth-order valence-corrected chi connectivity index (χ4v) is 1.31. The van der Waals surface area contributed by atoms with E-state index >= 15 is 0 Å². The minimum absolute atomic E-state index is 0.209. The highest BCUT2D eigenvalue weighted by Gasteiger charge is 2.06. The number of allylic oxidation sites excluding steroid dienone is 4. The Hall–Kier alpha value is -1.93.